The number of ether oxygens (including phenoxy) is 1. The molecule has 1 unspecified atom stereocenters. The van der Waals surface area contributed by atoms with Gasteiger partial charge in [-0.2, -0.15) is 0 Å². The minimum Gasteiger partial charge on any atom is -0.494 e. The molecule has 0 aliphatic carbocycles. The zero-order valence-corrected chi connectivity index (χ0v) is 15.9. The van der Waals surface area contributed by atoms with E-state index in [9.17, 15) is 9.90 Å². The minimum absolute atomic E-state index is 0.0309. The Morgan fingerprint density at radius 3 is 2.58 bits per heavy atom. The number of piperidine rings is 1. The molecule has 1 aromatic rings. The number of aryl methyl sites for hydroxylation is 2. The van der Waals surface area contributed by atoms with E-state index in [-0.39, 0.29) is 19.1 Å². The zero-order chi connectivity index (χ0) is 18.9. The summed E-state index contributed by atoms with van der Waals surface area (Å²) in [5.74, 6) is 1.35. The van der Waals surface area contributed by atoms with Gasteiger partial charge in [0.25, 0.3) is 5.91 Å². The van der Waals surface area contributed by atoms with Crippen molar-refractivity contribution >= 4 is 5.91 Å². The van der Waals surface area contributed by atoms with Crippen LogP contribution in [0.15, 0.2) is 12.1 Å². The normalized spacial score (nSPS) is 16.3. The van der Waals surface area contributed by atoms with Crippen LogP contribution in [0.2, 0.25) is 0 Å². The van der Waals surface area contributed by atoms with E-state index in [2.05, 4.69) is 10.6 Å². The Morgan fingerprint density at radius 2 is 1.96 bits per heavy atom. The molecule has 0 bridgehead atoms. The van der Waals surface area contributed by atoms with Crippen molar-refractivity contribution in [1.29, 1.82) is 0 Å². The predicted molar refractivity (Wildman–Crippen MR) is 102 cm³/mol. The molecule has 1 heterocycles. The van der Waals surface area contributed by atoms with Crippen LogP contribution >= 0.6 is 0 Å². The highest BCUT2D eigenvalue weighted by molar-refractivity contribution is 5.97. The molecule has 146 valence electrons. The van der Waals surface area contributed by atoms with Gasteiger partial charge in [0.15, 0.2) is 0 Å². The second-order valence-electron chi connectivity index (χ2n) is 7.16. The van der Waals surface area contributed by atoms with Crippen LogP contribution in [0.4, 0.5) is 0 Å². The van der Waals surface area contributed by atoms with Crippen molar-refractivity contribution in [3.05, 3.63) is 28.8 Å². The highest BCUT2D eigenvalue weighted by atomic mass is 16.5. The maximum atomic E-state index is 12.3. The molecule has 0 radical (unpaired) electrons. The highest BCUT2D eigenvalue weighted by Gasteiger charge is 2.15. The number of amides is 1. The monoisotopic (exact) mass is 364 g/mol. The summed E-state index contributed by atoms with van der Waals surface area (Å²) in [6.45, 7) is 6.37. The molecule has 6 heteroatoms. The van der Waals surface area contributed by atoms with Crippen molar-refractivity contribution in [3.8, 4) is 5.75 Å². The first-order chi connectivity index (χ1) is 12.5. The molecule has 6 nitrogen and oxygen atoms in total. The molecule has 1 aliphatic heterocycles. The lowest BCUT2D eigenvalue weighted by Crippen LogP contribution is -2.34. The number of aliphatic hydroxyl groups excluding tert-OH is 2. The molecule has 0 spiro atoms. The fourth-order valence-corrected chi connectivity index (χ4v) is 3.46. The second-order valence-corrected chi connectivity index (χ2v) is 7.16. The molecular formula is C20H32N2O4. The van der Waals surface area contributed by atoms with E-state index in [4.69, 9.17) is 9.84 Å². The van der Waals surface area contributed by atoms with Gasteiger partial charge in [-0.1, -0.05) is 0 Å². The molecule has 1 atom stereocenters. The molecule has 1 fully saturated rings. The van der Waals surface area contributed by atoms with Crippen molar-refractivity contribution < 1.29 is 19.7 Å². The lowest BCUT2D eigenvalue weighted by Gasteiger charge is -2.22. The minimum atomic E-state index is -0.942. The second kappa shape index (κ2) is 10.5. The van der Waals surface area contributed by atoms with Crippen LogP contribution in [0.25, 0.3) is 0 Å². The summed E-state index contributed by atoms with van der Waals surface area (Å²) in [5.41, 5.74) is 2.28. The van der Waals surface area contributed by atoms with Crippen LogP contribution in [0, 0.1) is 19.8 Å². The summed E-state index contributed by atoms with van der Waals surface area (Å²) < 4.78 is 5.89. The van der Waals surface area contributed by atoms with Gasteiger partial charge >= 0.3 is 0 Å². The van der Waals surface area contributed by atoms with Crippen LogP contribution in [0.1, 0.15) is 47.2 Å². The summed E-state index contributed by atoms with van der Waals surface area (Å²) in [5, 5.41) is 24.2. The Balaban J connectivity index is 1.84. The van der Waals surface area contributed by atoms with E-state index in [0.29, 0.717) is 12.2 Å². The van der Waals surface area contributed by atoms with Crippen molar-refractivity contribution in [1.82, 2.24) is 10.6 Å². The summed E-state index contributed by atoms with van der Waals surface area (Å²) in [7, 11) is 0. The van der Waals surface area contributed by atoms with Gasteiger partial charge in [-0.25, -0.2) is 0 Å². The van der Waals surface area contributed by atoms with Crippen LogP contribution in [0.5, 0.6) is 5.75 Å². The van der Waals surface area contributed by atoms with Crippen LogP contribution in [-0.4, -0.2) is 55.1 Å². The smallest absolute Gasteiger partial charge is 0.251 e. The molecule has 1 saturated heterocycles. The Kier molecular flexibility index (Phi) is 8.35. The lowest BCUT2D eigenvalue weighted by atomic mass is 9.93. The Bertz CT molecular complexity index is 562. The fraction of sp³-hybridized carbons (Fsp3) is 0.650. The standard InChI is InChI=1S/C20H32N2O4/c1-14-10-18(26-9-3-4-16-5-7-21-8-6-16)11-15(2)19(14)20(25)22-12-17(24)13-23/h10-11,16-17,21,23-24H,3-9,12-13H2,1-2H3,(H,22,25). The third kappa shape index (κ3) is 6.27. The predicted octanol–water partition coefficient (Wildman–Crippen LogP) is 1.55. The third-order valence-corrected chi connectivity index (χ3v) is 4.93. The summed E-state index contributed by atoms with van der Waals surface area (Å²) >= 11 is 0. The molecule has 0 saturated carbocycles. The highest BCUT2D eigenvalue weighted by Crippen LogP contribution is 2.23. The number of aliphatic hydroxyl groups is 2. The maximum Gasteiger partial charge on any atom is 0.251 e. The van der Waals surface area contributed by atoms with Gasteiger partial charge in [0.1, 0.15) is 5.75 Å². The quantitative estimate of drug-likeness (QED) is 0.499. The van der Waals surface area contributed by atoms with E-state index >= 15 is 0 Å². The van der Waals surface area contributed by atoms with Gasteiger partial charge in [0.2, 0.25) is 0 Å². The summed E-state index contributed by atoms with van der Waals surface area (Å²) in [4.78, 5) is 12.3. The van der Waals surface area contributed by atoms with Crippen LogP contribution in [0.3, 0.4) is 0 Å². The molecular weight excluding hydrogens is 332 g/mol. The first kappa shape index (κ1) is 20.7. The molecule has 26 heavy (non-hydrogen) atoms. The van der Waals surface area contributed by atoms with E-state index < -0.39 is 6.10 Å². The number of carbonyl (C=O) groups excluding carboxylic acids is 1. The first-order valence-electron chi connectivity index (χ1n) is 9.53. The van der Waals surface area contributed by atoms with Crippen molar-refractivity contribution in [2.24, 2.45) is 5.92 Å². The van der Waals surface area contributed by atoms with Crippen molar-refractivity contribution in [3.63, 3.8) is 0 Å². The van der Waals surface area contributed by atoms with Gasteiger partial charge in [0, 0.05) is 12.1 Å². The zero-order valence-electron chi connectivity index (χ0n) is 15.9. The number of hydrogen-bond acceptors (Lipinski definition) is 5. The average Bonchev–Trinajstić information content (AvgIpc) is 2.63. The topological polar surface area (TPSA) is 90.8 Å². The largest absolute Gasteiger partial charge is 0.494 e. The van der Waals surface area contributed by atoms with E-state index in [0.717, 1.165) is 42.3 Å². The molecule has 2 rings (SSSR count). The fourth-order valence-electron chi connectivity index (χ4n) is 3.46. The van der Waals surface area contributed by atoms with Gasteiger partial charge in [-0.15, -0.1) is 0 Å². The third-order valence-electron chi connectivity index (χ3n) is 4.93. The van der Waals surface area contributed by atoms with Crippen molar-refractivity contribution in [2.45, 2.75) is 45.6 Å². The number of hydrogen-bond donors (Lipinski definition) is 4. The van der Waals surface area contributed by atoms with Crippen LogP contribution < -0.4 is 15.4 Å². The number of nitrogens with one attached hydrogen (secondary N) is 2. The summed E-state index contributed by atoms with van der Waals surface area (Å²) in [6.07, 6.45) is 3.82. The lowest BCUT2D eigenvalue weighted by molar-refractivity contribution is 0.0801. The molecule has 4 N–H and O–H groups in total. The number of benzene rings is 1. The van der Waals surface area contributed by atoms with Gasteiger partial charge in [0.05, 0.1) is 19.3 Å². The number of carbonyl (C=O) groups is 1. The van der Waals surface area contributed by atoms with E-state index in [1.165, 1.54) is 19.3 Å². The van der Waals surface area contributed by atoms with E-state index in [1.54, 1.807) is 0 Å². The molecule has 0 aromatic heterocycles. The molecule has 1 aromatic carbocycles. The summed E-state index contributed by atoms with van der Waals surface area (Å²) in [6, 6.07) is 3.77. The van der Waals surface area contributed by atoms with Crippen molar-refractivity contribution in [2.75, 3.05) is 32.8 Å². The average molecular weight is 364 g/mol. The first-order valence-corrected chi connectivity index (χ1v) is 9.53. The molecule has 1 amide bonds. The Morgan fingerprint density at radius 1 is 1.31 bits per heavy atom. The van der Waals surface area contributed by atoms with Crippen LogP contribution in [-0.2, 0) is 0 Å². The van der Waals surface area contributed by atoms with E-state index in [1.807, 2.05) is 26.0 Å². The van der Waals surface area contributed by atoms with Gasteiger partial charge < -0.3 is 25.6 Å². The SMILES string of the molecule is Cc1cc(OCCCC2CCNCC2)cc(C)c1C(=O)NCC(O)CO. The maximum absolute atomic E-state index is 12.3. The Hall–Kier alpha value is -1.63. The Labute approximate surface area is 155 Å². The van der Waals surface area contributed by atoms with Gasteiger partial charge in [-0.05, 0) is 81.8 Å². The number of rotatable bonds is 9. The molecule has 1 aliphatic rings. The van der Waals surface area contributed by atoms with Gasteiger partial charge in [-0.3, -0.25) is 4.79 Å².